The van der Waals surface area contributed by atoms with Crippen molar-refractivity contribution in [2.75, 3.05) is 33.9 Å². The Labute approximate surface area is 158 Å². The molecule has 0 aliphatic carbocycles. The Kier molecular flexibility index (Phi) is 11.6. The van der Waals surface area contributed by atoms with Crippen LogP contribution in [0.5, 0.6) is 5.75 Å². The number of hydrogen-bond donors (Lipinski definition) is 1. The number of para-hydroxylation sites is 1. The Morgan fingerprint density at radius 1 is 1.19 bits per heavy atom. The lowest BCUT2D eigenvalue weighted by Crippen LogP contribution is -2.20. The second kappa shape index (κ2) is 13.1. The molecule has 0 atom stereocenters. The third-order valence-corrected chi connectivity index (χ3v) is 2.78. The predicted molar refractivity (Wildman–Crippen MR) is 99.0 cm³/mol. The van der Waals surface area contributed by atoms with Gasteiger partial charge in [-0.1, -0.05) is 25.3 Å². The zero-order valence-corrected chi connectivity index (χ0v) is 15.8. The number of aromatic hydroxyl groups is 1. The van der Waals surface area contributed by atoms with E-state index in [2.05, 4.69) is 22.6 Å². The number of ether oxygens (including phenoxy) is 3. The Morgan fingerprint density at radius 2 is 1.81 bits per heavy atom. The van der Waals surface area contributed by atoms with E-state index in [4.69, 9.17) is 4.74 Å². The minimum atomic E-state index is -0.792. The fourth-order valence-corrected chi connectivity index (χ4v) is 1.42. The van der Waals surface area contributed by atoms with Crippen molar-refractivity contribution in [1.82, 2.24) is 4.90 Å². The lowest BCUT2D eigenvalue weighted by Gasteiger charge is -2.09. The second-order valence-electron chi connectivity index (χ2n) is 5.47. The minimum absolute atomic E-state index is 0.00565. The number of phenolic OH excluding ortho intramolecular Hbond substituents is 1. The molecule has 0 fully saturated rings. The third kappa shape index (κ3) is 11.2. The van der Waals surface area contributed by atoms with Gasteiger partial charge in [0, 0.05) is 12.1 Å². The molecule has 0 saturated heterocycles. The van der Waals surface area contributed by atoms with E-state index in [0.29, 0.717) is 12.2 Å². The minimum Gasteiger partial charge on any atom is -0.507 e. The highest BCUT2D eigenvalue weighted by atomic mass is 16.6. The highest BCUT2D eigenvalue weighted by Gasteiger charge is 2.13. The Morgan fingerprint density at radius 3 is 2.33 bits per heavy atom. The topological polar surface area (TPSA) is 102 Å². The Hall–Kier alpha value is -3.13. The lowest BCUT2D eigenvalue weighted by atomic mass is 10.2. The number of nitrogens with zero attached hydrogens (tertiary/aromatic N) is 1. The maximum Gasteiger partial charge on any atom is 0.349 e. The molecular formula is C19H25NO7. The van der Waals surface area contributed by atoms with E-state index >= 15 is 0 Å². The summed E-state index contributed by atoms with van der Waals surface area (Å²) in [7, 11) is 3.85. The smallest absolute Gasteiger partial charge is 0.349 e. The Balaban J connectivity index is 0.000000541. The van der Waals surface area contributed by atoms with Crippen molar-refractivity contribution in [3.8, 4) is 5.75 Å². The molecule has 0 heterocycles. The van der Waals surface area contributed by atoms with Gasteiger partial charge in [-0.25, -0.2) is 14.4 Å². The summed E-state index contributed by atoms with van der Waals surface area (Å²) in [5.41, 5.74) is 0.442. The van der Waals surface area contributed by atoms with Crippen LogP contribution >= 0.6 is 0 Å². The molecule has 27 heavy (non-hydrogen) atoms. The van der Waals surface area contributed by atoms with Crippen LogP contribution in [0.2, 0.25) is 0 Å². The zero-order valence-electron chi connectivity index (χ0n) is 15.8. The second-order valence-corrected chi connectivity index (χ2v) is 5.47. The summed E-state index contributed by atoms with van der Waals surface area (Å²) in [6.45, 7) is 8.93. The molecule has 0 spiro atoms. The molecule has 8 nitrogen and oxygen atoms in total. The average molecular weight is 379 g/mol. The SMILES string of the molecule is C=C(C)C(=O)OCCN(C)C.C=COC(=O)COC(=O)c1ccccc1O. The summed E-state index contributed by atoms with van der Waals surface area (Å²) in [4.78, 5) is 34.9. The van der Waals surface area contributed by atoms with E-state index in [1.54, 1.807) is 19.1 Å². The molecule has 1 rings (SSSR count). The maximum atomic E-state index is 11.4. The van der Waals surface area contributed by atoms with Gasteiger partial charge in [-0.15, -0.1) is 0 Å². The standard InChI is InChI=1S/C11H10O5.C8H15NO2/c1-2-15-10(13)7-16-11(14)8-5-3-4-6-9(8)12;1-7(2)8(10)11-6-5-9(3)4/h2-6,12H,1,7H2;1,5-6H2,2-4H3. The van der Waals surface area contributed by atoms with Gasteiger partial charge in [0.25, 0.3) is 0 Å². The maximum absolute atomic E-state index is 11.4. The first-order chi connectivity index (χ1) is 12.7. The van der Waals surface area contributed by atoms with Crippen LogP contribution in [-0.2, 0) is 23.8 Å². The van der Waals surface area contributed by atoms with Gasteiger partial charge in [-0.3, -0.25) is 0 Å². The largest absolute Gasteiger partial charge is 0.507 e. The van der Waals surface area contributed by atoms with Gasteiger partial charge in [0.2, 0.25) is 0 Å². The number of likely N-dealkylation sites (N-methyl/N-ethyl adjacent to an activating group) is 1. The van der Waals surface area contributed by atoms with Crippen LogP contribution in [0.4, 0.5) is 0 Å². The molecule has 0 aromatic heterocycles. The van der Waals surface area contributed by atoms with Crippen molar-refractivity contribution in [3.63, 3.8) is 0 Å². The van der Waals surface area contributed by atoms with Crippen molar-refractivity contribution in [2.24, 2.45) is 0 Å². The first-order valence-electron chi connectivity index (χ1n) is 7.91. The molecule has 0 aliphatic rings. The van der Waals surface area contributed by atoms with Crippen LogP contribution < -0.4 is 0 Å². The van der Waals surface area contributed by atoms with Crippen molar-refractivity contribution in [1.29, 1.82) is 0 Å². The summed E-state index contributed by atoms with van der Waals surface area (Å²) < 4.78 is 13.8. The van der Waals surface area contributed by atoms with Gasteiger partial charge in [-0.2, -0.15) is 0 Å². The summed E-state index contributed by atoms with van der Waals surface area (Å²) in [5, 5.41) is 9.32. The molecule has 8 heteroatoms. The molecule has 0 bridgehead atoms. The van der Waals surface area contributed by atoms with Crippen molar-refractivity contribution < 1.29 is 33.7 Å². The zero-order chi connectivity index (χ0) is 20.8. The third-order valence-electron chi connectivity index (χ3n) is 2.78. The van der Waals surface area contributed by atoms with E-state index < -0.39 is 18.5 Å². The molecule has 1 aromatic rings. The fourth-order valence-electron chi connectivity index (χ4n) is 1.42. The average Bonchev–Trinajstić information content (AvgIpc) is 2.60. The van der Waals surface area contributed by atoms with E-state index in [-0.39, 0.29) is 17.3 Å². The van der Waals surface area contributed by atoms with E-state index in [1.807, 2.05) is 19.0 Å². The van der Waals surface area contributed by atoms with Gasteiger partial charge in [-0.05, 0) is 33.2 Å². The fraction of sp³-hybridized carbons (Fsp3) is 0.316. The van der Waals surface area contributed by atoms with E-state index in [9.17, 15) is 19.5 Å². The number of benzene rings is 1. The number of carbonyl (C=O) groups is 3. The first-order valence-corrected chi connectivity index (χ1v) is 7.91. The molecule has 0 unspecified atom stereocenters. The highest BCUT2D eigenvalue weighted by molar-refractivity contribution is 5.93. The molecule has 0 radical (unpaired) electrons. The Bertz CT molecular complexity index is 668. The normalized spacial score (nSPS) is 9.48. The van der Waals surface area contributed by atoms with Gasteiger partial charge in [0.15, 0.2) is 6.61 Å². The molecule has 1 N–H and O–H groups in total. The number of rotatable bonds is 8. The lowest BCUT2D eigenvalue weighted by molar-refractivity contribution is -0.141. The predicted octanol–water partition coefficient (Wildman–Crippen LogP) is 1.90. The summed E-state index contributed by atoms with van der Waals surface area (Å²) in [6, 6.07) is 5.87. The van der Waals surface area contributed by atoms with Gasteiger partial charge in [0.1, 0.15) is 17.9 Å². The number of carbonyl (C=O) groups excluding carboxylic acids is 3. The molecule has 0 saturated carbocycles. The number of phenols is 1. The summed E-state index contributed by atoms with van der Waals surface area (Å²) in [6.07, 6.45) is 0.941. The molecule has 148 valence electrons. The van der Waals surface area contributed by atoms with Crippen LogP contribution in [0.3, 0.4) is 0 Å². The van der Waals surface area contributed by atoms with Crippen LogP contribution in [0.1, 0.15) is 17.3 Å². The van der Waals surface area contributed by atoms with Crippen LogP contribution in [0.15, 0.2) is 49.3 Å². The highest BCUT2D eigenvalue weighted by Crippen LogP contribution is 2.16. The molecule has 0 amide bonds. The van der Waals surface area contributed by atoms with Crippen LogP contribution in [0.25, 0.3) is 0 Å². The number of hydrogen-bond acceptors (Lipinski definition) is 8. The number of esters is 3. The van der Waals surface area contributed by atoms with E-state index in [0.717, 1.165) is 12.8 Å². The molecule has 0 aliphatic heterocycles. The molecular weight excluding hydrogens is 354 g/mol. The quantitative estimate of drug-likeness (QED) is 0.316. The summed E-state index contributed by atoms with van der Waals surface area (Å²) >= 11 is 0. The van der Waals surface area contributed by atoms with Crippen LogP contribution in [-0.4, -0.2) is 61.8 Å². The van der Waals surface area contributed by atoms with Crippen molar-refractivity contribution in [3.05, 3.63) is 54.8 Å². The van der Waals surface area contributed by atoms with E-state index in [1.165, 1.54) is 12.1 Å². The monoisotopic (exact) mass is 379 g/mol. The van der Waals surface area contributed by atoms with Crippen molar-refractivity contribution in [2.45, 2.75) is 6.92 Å². The van der Waals surface area contributed by atoms with Crippen molar-refractivity contribution >= 4 is 17.9 Å². The van der Waals surface area contributed by atoms with Gasteiger partial charge < -0.3 is 24.2 Å². The van der Waals surface area contributed by atoms with Crippen LogP contribution in [0, 0.1) is 0 Å². The molecule has 1 aromatic carbocycles. The van der Waals surface area contributed by atoms with Gasteiger partial charge in [0.05, 0.1) is 6.26 Å². The summed E-state index contributed by atoms with van der Waals surface area (Å²) in [5.74, 6) is -2.05. The first kappa shape index (κ1) is 23.9. The van der Waals surface area contributed by atoms with Gasteiger partial charge >= 0.3 is 17.9 Å².